The quantitative estimate of drug-likeness (QED) is 0.577. The van der Waals surface area contributed by atoms with E-state index in [0.717, 1.165) is 0 Å². The van der Waals surface area contributed by atoms with Crippen molar-refractivity contribution in [3.8, 4) is 5.75 Å². The summed E-state index contributed by atoms with van der Waals surface area (Å²) in [6.07, 6.45) is 0. The third-order valence-corrected chi connectivity index (χ3v) is 2.60. The highest BCUT2D eigenvalue weighted by Gasteiger charge is 2.23. The van der Waals surface area contributed by atoms with Gasteiger partial charge in [0.15, 0.2) is 0 Å². The summed E-state index contributed by atoms with van der Waals surface area (Å²) in [7, 11) is 1.48. The van der Waals surface area contributed by atoms with Gasteiger partial charge < -0.3 is 9.64 Å². The molecule has 4 nitrogen and oxygen atoms in total. The van der Waals surface area contributed by atoms with E-state index in [0.29, 0.717) is 24.4 Å². The van der Waals surface area contributed by atoms with Crippen LogP contribution in [0.2, 0.25) is 0 Å². The summed E-state index contributed by atoms with van der Waals surface area (Å²) in [5.74, 6) is -0.580. The van der Waals surface area contributed by atoms with Crippen molar-refractivity contribution in [2.24, 2.45) is 0 Å². The van der Waals surface area contributed by atoms with Crippen LogP contribution in [0.25, 0.3) is 0 Å². The van der Waals surface area contributed by atoms with Gasteiger partial charge >= 0.3 is 0 Å². The van der Waals surface area contributed by atoms with Gasteiger partial charge in [0, 0.05) is 13.1 Å². The van der Waals surface area contributed by atoms with E-state index in [9.17, 15) is 9.59 Å². The summed E-state index contributed by atoms with van der Waals surface area (Å²) in [6.45, 7) is 4.74. The number of amides is 1. The summed E-state index contributed by atoms with van der Waals surface area (Å²) in [5.41, 5.74) is 0.312. The lowest BCUT2D eigenvalue weighted by Crippen LogP contribution is -2.36. The Kier molecular flexibility index (Phi) is 4.69. The molecule has 0 aliphatic carbocycles. The second-order valence-corrected chi connectivity index (χ2v) is 3.51. The van der Waals surface area contributed by atoms with E-state index < -0.39 is 11.7 Å². The van der Waals surface area contributed by atoms with Crippen LogP contribution in [0.4, 0.5) is 0 Å². The fourth-order valence-corrected chi connectivity index (χ4v) is 1.60. The number of nitrogens with zero attached hydrogens (tertiary/aromatic N) is 1. The van der Waals surface area contributed by atoms with Crippen LogP contribution in [-0.4, -0.2) is 36.8 Å². The average molecular weight is 235 g/mol. The number of hydrogen-bond donors (Lipinski definition) is 0. The standard InChI is InChI=1S/C13H17NO3/c1-4-14(5-2)13(16)12(15)10-8-6-7-9-11(10)17-3/h6-9H,4-5H2,1-3H3. The highest BCUT2D eigenvalue weighted by Crippen LogP contribution is 2.18. The zero-order chi connectivity index (χ0) is 12.8. The topological polar surface area (TPSA) is 46.6 Å². The number of benzene rings is 1. The maximum Gasteiger partial charge on any atom is 0.295 e. The summed E-state index contributed by atoms with van der Waals surface area (Å²) in [5, 5.41) is 0. The molecule has 1 amide bonds. The summed E-state index contributed by atoms with van der Waals surface area (Å²) >= 11 is 0. The van der Waals surface area contributed by atoms with Crippen molar-refractivity contribution in [2.45, 2.75) is 13.8 Å². The molecular weight excluding hydrogens is 218 g/mol. The summed E-state index contributed by atoms with van der Waals surface area (Å²) in [6, 6.07) is 6.74. The minimum absolute atomic E-state index is 0.312. The van der Waals surface area contributed by atoms with Gasteiger partial charge in [0.05, 0.1) is 12.7 Å². The Morgan fingerprint density at radius 2 is 1.76 bits per heavy atom. The first-order valence-electron chi connectivity index (χ1n) is 5.62. The van der Waals surface area contributed by atoms with Crippen molar-refractivity contribution < 1.29 is 14.3 Å². The van der Waals surface area contributed by atoms with Gasteiger partial charge in [-0.2, -0.15) is 0 Å². The van der Waals surface area contributed by atoms with Gasteiger partial charge in [-0.05, 0) is 26.0 Å². The van der Waals surface area contributed by atoms with Crippen LogP contribution in [0.1, 0.15) is 24.2 Å². The third kappa shape index (κ3) is 2.84. The Labute approximate surface area is 101 Å². The molecule has 1 aromatic rings. The van der Waals surface area contributed by atoms with Crippen molar-refractivity contribution in [3.63, 3.8) is 0 Å². The maximum absolute atomic E-state index is 12.0. The number of ketones is 1. The van der Waals surface area contributed by atoms with Gasteiger partial charge in [-0.3, -0.25) is 9.59 Å². The molecule has 4 heteroatoms. The van der Waals surface area contributed by atoms with Crippen molar-refractivity contribution in [1.29, 1.82) is 0 Å². The van der Waals surface area contributed by atoms with Crippen LogP contribution in [-0.2, 0) is 4.79 Å². The number of likely N-dealkylation sites (N-methyl/N-ethyl adjacent to an activating group) is 1. The molecule has 0 aliphatic heterocycles. The summed E-state index contributed by atoms with van der Waals surface area (Å²) < 4.78 is 5.07. The maximum atomic E-state index is 12.0. The van der Waals surface area contributed by atoms with E-state index in [1.165, 1.54) is 12.0 Å². The molecule has 0 bridgehead atoms. The predicted molar refractivity (Wildman–Crippen MR) is 65.3 cm³/mol. The number of para-hydroxylation sites is 1. The first kappa shape index (κ1) is 13.2. The van der Waals surface area contributed by atoms with Gasteiger partial charge in [0.1, 0.15) is 5.75 Å². The molecule has 0 saturated heterocycles. The fourth-order valence-electron chi connectivity index (χ4n) is 1.60. The van der Waals surface area contributed by atoms with Crippen molar-refractivity contribution >= 4 is 11.7 Å². The van der Waals surface area contributed by atoms with Crippen LogP contribution < -0.4 is 4.74 Å². The highest BCUT2D eigenvalue weighted by atomic mass is 16.5. The molecule has 92 valence electrons. The van der Waals surface area contributed by atoms with Gasteiger partial charge in [-0.1, -0.05) is 12.1 Å². The van der Waals surface area contributed by atoms with E-state index in [4.69, 9.17) is 4.74 Å². The minimum Gasteiger partial charge on any atom is -0.496 e. The van der Waals surface area contributed by atoms with Crippen LogP contribution in [0.5, 0.6) is 5.75 Å². The number of hydrogen-bond acceptors (Lipinski definition) is 3. The zero-order valence-corrected chi connectivity index (χ0v) is 10.4. The second kappa shape index (κ2) is 6.03. The Hall–Kier alpha value is -1.84. The smallest absolute Gasteiger partial charge is 0.295 e. The number of methoxy groups -OCH3 is 1. The molecular formula is C13H17NO3. The molecule has 0 heterocycles. The van der Waals surface area contributed by atoms with Crippen LogP contribution >= 0.6 is 0 Å². The molecule has 1 aromatic carbocycles. The molecule has 1 rings (SSSR count). The van der Waals surface area contributed by atoms with E-state index >= 15 is 0 Å². The molecule has 0 unspecified atom stereocenters. The van der Waals surface area contributed by atoms with Gasteiger partial charge in [0.25, 0.3) is 11.7 Å². The Morgan fingerprint density at radius 1 is 1.18 bits per heavy atom. The monoisotopic (exact) mass is 235 g/mol. The van der Waals surface area contributed by atoms with Gasteiger partial charge in [-0.25, -0.2) is 0 Å². The third-order valence-electron chi connectivity index (χ3n) is 2.60. The Bertz CT molecular complexity index is 411. The van der Waals surface area contributed by atoms with E-state index in [1.54, 1.807) is 24.3 Å². The number of rotatable bonds is 5. The number of carbonyl (C=O) groups is 2. The molecule has 0 radical (unpaired) electrons. The van der Waals surface area contributed by atoms with Gasteiger partial charge in [0.2, 0.25) is 0 Å². The lowest BCUT2D eigenvalue weighted by Gasteiger charge is -2.18. The Morgan fingerprint density at radius 3 is 2.29 bits per heavy atom. The lowest BCUT2D eigenvalue weighted by molar-refractivity contribution is -0.126. The molecule has 0 spiro atoms. The van der Waals surface area contributed by atoms with Crippen molar-refractivity contribution in [1.82, 2.24) is 4.90 Å². The van der Waals surface area contributed by atoms with Gasteiger partial charge in [-0.15, -0.1) is 0 Å². The predicted octanol–water partition coefficient (Wildman–Crippen LogP) is 1.75. The largest absolute Gasteiger partial charge is 0.496 e. The van der Waals surface area contributed by atoms with Crippen LogP contribution in [0.3, 0.4) is 0 Å². The number of Topliss-reactive ketones (excluding diaryl/α,β-unsaturated/α-hetero) is 1. The van der Waals surface area contributed by atoms with E-state index in [-0.39, 0.29) is 0 Å². The van der Waals surface area contributed by atoms with E-state index in [1.807, 2.05) is 13.8 Å². The molecule has 0 aliphatic rings. The zero-order valence-electron chi connectivity index (χ0n) is 10.4. The van der Waals surface area contributed by atoms with E-state index in [2.05, 4.69) is 0 Å². The van der Waals surface area contributed by atoms with Crippen LogP contribution in [0, 0.1) is 0 Å². The lowest BCUT2D eigenvalue weighted by atomic mass is 10.1. The fraction of sp³-hybridized carbons (Fsp3) is 0.385. The number of carbonyl (C=O) groups excluding carboxylic acids is 2. The molecule has 0 atom stereocenters. The second-order valence-electron chi connectivity index (χ2n) is 3.51. The normalized spacial score (nSPS) is 9.82. The average Bonchev–Trinajstić information content (AvgIpc) is 2.39. The first-order chi connectivity index (χ1) is 8.15. The molecule has 0 N–H and O–H groups in total. The minimum atomic E-state index is -0.522. The van der Waals surface area contributed by atoms with Crippen molar-refractivity contribution in [3.05, 3.63) is 29.8 Å². The first-order valence-corrected chi connectivity index (χ1v) is 5.62. The Balaban J connectivity index is 3.00. The SMILES string of the molecule is CCN(CC)C(=O)C(=O)c1ccccc1OC. The highest BCUT2D eigenvalue weighted by molar-refractivity contribution is 6.43. The molecule has 0 fully saturated rings. The molecule has 0 aromatic heterocycles. The molecule has 17 heavy (non-hydrogen) atoms. The van der Waals surface area contributed by atoms with Crippen molar-refractivity contribution in [2.75, 3.05) is 20.2 Å². The van der Waals surface area contributed by atoms with Crippen LogP contribution in [0.15, 0.2) is 24.3 Å². The molecule has 0 saturated carbocycles. The summed E-state index contributed by atoms with van der Waals surface area (Å²) in [4.78, 5) is 25.4. The number of ether oxygens (including phenoxy) is 1.